The summed E-state index contributed by atoms with van der Waals surface area (Å²) in [4.78, 5) is 8.70. The third kappa shape index (κ3) is 2.41. The van der Waals surface area contributed by atoms with Crippen LogP contribution in [0.3, 0.4) is 0 Å². The van der Waals surface area contributed by atoms with E-state index in [1.54, 1.807) is 24.4 Å². The molecule has 0 saturated carbocycles. The van der Waals surface area contributed by atoms with E-state index < -0.39 is 0 Å². The Morgan fingerprint density at radius 2 is 1.78 bits per heavy atom. The summed E-state index contributed by atoms with van der Waals surface area (Å²) < 4.78 is 0.874. The minimum atomic E-state index is 0.146. The van der Waals surface area contributed by atoms with Crippen LogP contribution < -0.4 is 0 Å². The molecule has 112 valence electrons. The lowest BCUT2D eigenvalue weighted by molar-refractivity contribution is 0.475. The molecule has 0 aliphatic heterocycles. The first kappa shape index (κ1) is 13.7. The lowest BCUT2D eigenvalue weighted by atomic mass is 10.0. The molecule has 1 aromatic heterocycles. The van der Waals surface area contributed by atoms with E-state index in [4.69, 9.17) is 0 Å². The van der Waals surface area contributed by atoms with Crippen LogP contribution in [0, 0.1) is 0 Å². The second-order valence-electron chi connectivity index (χ2n) is 5.10. The Bertz CT molecular complexity index is 1050. The van der Waals surface area contributed by atoms with Crippen LogP contribution in [0.4, 0.5) is 5.13 Å². The zero-order chi connectivity index (χ0) is 15.8. The lowest BCUT2D eigenvalue weighted by Crippen LogP contribution is -1.85. The van der Waals surface area contributed by atoms with Gasteiger partial charge in [0.2, 0.25) is 5.13 Å². The number of phenols is 2. The van der Waals surface area contributed by atoms with Gasteiger partial charge in [-0.2, -0.15) is 0 Å². The van der Waals surface area contributed by atoms with Crippen LogP contribution in [0.25, 0.3) is 21.0 Å². The summed E-state index contributed by atoms with van der Waals surface area (Å²) in [6, 6.07) is 16.6. The van der Waals surface area contributed by atoms with Gasteiger partial charge in [-0.3, -0.25) is 0 Å². The van der Waals surface area contributed by atoms with Crippen molar-refractivity contribution in [3.63, 3.8) is 0 Å². The van der Waals surface area contributed by atoms with Gasteiger partial charge in [0.1, 0.15) is 17.0 Å². The SMILES string of the molecule is Oc1ccc2ccccc2c1/C=N/c1nc2c(O)cccc2s1. The molecule has 4 nitrogen and oxygen atoms in total. The van der Waals surface area contributed by atoms with Gasteiger partial charge < -0.3 is 10.2 Å². The summed E-state index contributed by atoms with van der Waals surface area (Å²) in [5.41, 5.74) is 1.21. The molecule has 0 fully saturated rings. The molecule has 5 heteroatoms. The molecule has 0 aliphatic carbocycles. The van der Waals surface area contributed by atoms with E-state index in [0.29, 0.717) is 16.2 Å². The Morgan fingerprint density at radius 1 is 0.913 bits per heavy atom. The standard InChI is InChI=1S/C18H12N2O2S/c21-14-9-8-11-4-1-2-5-12(11)13(14)10-19-18-20-17-15(22)6-3-7-16(17)23-18/h1-10,21-22H/b19-10+. The fourth-order valence-corrected chi connectivity index (χ4v) is 3.35. The van der Waals surface area contributed by atoms with Gasteiger partial charge in [-0.15, -0.1) is 0 Å². The van der Waals surface area contributed by atoms with Crippen LogP contribution in [0.1, 0.15) is 5.56 Å². The molecule has 0 radical (unpaired) electrons. The number of para-hydroxylation sites is 1. The zero-order valence-corrected chi connectivity index (χ0v) is 12.8. The van der Waals surface area contributed by atoms with E-state index in [9.17, 15) is 10.2 Å². The summed E-state index contributed by atoms with van der Waals surface area (Å²) in [6.07, 6.45) is 1.62. The Labute approximate surface area is 136 Å². The van der Waals surface area contributed by atoms with Crippen LogP contribution >= 0.6 is 11.3 Å². The molecule has 0 amide bonds. The first-order chi connectivity index (χ1) is 11.2. The molecule has 2 N–H and O–H groups in total. The molecule has 0 aliphatic rings. The molecule has 4 rings (SSSR count). The lowest BCUT2D eigenvalue weighted by Gasteiger charge is -2.03. The highest BCUT2D eigenvalue weighted by atomic mass is 32.1. The average molecular weight is 320 g/mol. The fraction of sp³-hybridized carbons (Fsp3) is 0. The number of aromatic hydroxyl groups is 2. The molecule has 3 aromatic carbocycles. The quantitative estimate of drug-likeness (QED) is 0.530. The van der Waals surface area contributed by atoms with E-state index in [-0.39, 0.29) is 11.5 Å². The van der Waals surface area contributed by atoms with Gasteiger partial charge >= 0.3 is 0 Å². The molecule has 0 unspecified atom stereocenters. The molecule has 0 atom stereocenters. The van der Waals surface area contributed by atoms with Gasteiger partial charge in [0.15, 0.2) is 0 Å². The van der Waals surface area contributed by atoms with E-state index in [2.05, 4.69) is 9.98 Å². The average Bonchev–Trinajstić information content (AvgIpc) is 2.98. The molecule has 0 spiro atoms. The highest BCUT2D eigenvalue weighted by Crippen LogP contribution is 2.33. The van der Waals surface area contributed by atoms with Gasteiger partial charge in [-0.25, -0.2) is 9.98 Å². The maximum absolute atomic E-state index is 10.1. The summed E-state index contributed by atoms with van der Waals surface area (Å²) in [6.45, 7) is 0. The van der Waals surface area contributed by atoms with Crippen molar-refractivity contribution in [2.24, 2.45) is 4.99 Å². The summed E-state index contributed by atoms with van der Waals surface area (Å²) >= 11 is 1.39. The molecule has 0 bridgehead atoms. The smallest absolute Gasteiger partial charge is 0.210 e. The van der Waals surface area contributed by atoms with Crippen molar-refractivity contribution in [1.29, 1.82) is 0 Å². The van der Waals surface area contributed by atoms with Crippen molar-refractivity contribution in [3.8, 4) is 11.5 Å². The number of benzene rings is 3. The highest BCUT2D eigenvalue weighted by molar-refractivity contribution is 7.22. The number of fused-ring (bicyclic) bond motifs is 2. The molecular weight excluding hydrogens is 308 g/mol. The van der Waals surface area contributed by atoms with Gasteiger partial charge in [0.05, 0.1) is 4.70 Å². The van der Waals surface area contributed by atoms with Crippen molar-refractivity contribution >= 4 is 43.7 Å². The maximum atomic E-state index is 10.1. The Hall–Kier alpha value is -2.92. The van der Waals surface area contributed by atoms with Crippen molar-refractivity contribution in [2.75, 3.05) is 0 Å². The van der Waals surface area contributed by atoms with E-state index in [1.807, 2.05) is 36.4 Å². The van der Waals surface area contributed by atoms with Crippen LogP contribution in [-0.4, -0.2) is 21.4 Å². The Morgan fingerprint density at radius 3 is 2.65 bits per heavy atom. The Balaban J connectivity index is 1.81. The van der Waals surface area contributed by atoms with Crippen molar-refractivity contribution < 1.29 is 10.2 Å². The number of phenolic OH excluding ortho intramolecular Hbond substituents is 2. The van der Waals surface area contributed by atoms with E-state index in [0.717, 1.165) is 15.5 Å². The third-order valence-corrected chi connectivity index (χ3v) is 4.57. The first-order valence-corrected chi connectivity index (χ1v) is 7.87. The topological polar surface area (TPSA) is 65.7 Å². The number of aromatic nitrogens is 1. The zero-order valence-electron chi connectivity index (χ0n) is 12.0. The molecule has 23 heavy (non-hydrogen) atoms. The predicted octanol–water partition coefficient (Wildman–Crippen LogP) is 4.61. The number of hydrogen-bond acceptors (Lipinski definition) is 5. The second-order valence-corrected chi connectivity index (χ2v) is 6.11. The second kappa shape index (κ2) is 5.37. The van der Waals surface area contributed by atoms with E-state index in [1.165, 1.54) is 11.3 Å². The normalized spacial score (nSPS) is 11.7. The maximum Gasteiger partial charge on any atom is 0.210 e. The number of aliphatic imine (C=N–C) groups is 1. The number of thiazole rings is 1. The molecule has 1 heterocycles. The Kier molecular flexibility index (Phi) is 3.20. The third-order valence-electron chi connectivity index (χ3n) is 3.64. The fourth-order valence-electron chi connectivity index (χ4n) is 2.52. The summed E-state index contributed by atoms with van der Waals surface area (Å²) in [5, 5.41) is 22.4. The van der Waals surface area contributed by atoms with Gasteiger partial charge in [-0.1, -0.05) is 47.7 Å². The van der Waals surface area contributed by atoms with E-state index >= 15 is 0 Å². The van der Waals surface area contributed by atoms with Gasteiger partial charge in [0, 0.05) is 11.8 Å². The molecular formula is C18H12N2O2S. The minimum absolute atomic E-state index is 0.146. The van der Waals surface area contributed by atoms with Crippen LogP contribution in [0.2, 0.25) is 0 Å². The highest BCUT2D eigenvalue weighted by Gasteiger charge is 2.07. The number of hydrogen-bond donors (Lipinski definition) is 2. The number of nitrogens with zero attached hydrogens (tertiary/aromatic N) is 2. The van der Waals surface area contributed by atoms with Crippen molar-refractivity contribution in [1.82, 2.24) is 4.98 Å². The summed E-state index contributed by atoms with van der Waals surface area (Å²) in [5.74, 6) is 0.324. The van der Waals surface area contributed by atoms with Gasteiger partial charge in [0.25, 0.3) is 0 Å². The number of rotatable bonds is 2. The van der Waals surface area contributed by atoms with Gasteiger partial charge in [-0.05, 0) is 29.0 Å². The monoisotopic (exact) mass is 320 g/mol. The first-order valence-electron chi connectivity index (χ1n) is 7.06. The minimum Gasteiger partial charge on any atom is -0.507 e. The van der Waals surface area contributed by atoms with Crippen LogP contribution in [-0.2, 0) is 0 Å². The summed E-state index contributed by atoms with van der Waals surface area (Å²) in [7, 11) is 0. The van der Waals surface area contributed by atoms with Crippen molar-refractivity contribution in [3.05, 3.63) is 60.2 Å². The van der Waals surface area contributed by atoms with Crippen LogP contribution in [0.5, 0.6) is 11.5 Å². The largest absolute Gasteiger partial charge is 0.507 e. The predicted molar refractivity (Wildman–Crippen MR) is 94.2 cm³/mol. The molecule has 4 aromatic rings. The van der Waals surface area contributed by atoms with Crippen molar-refractivity contribution in [2.45, 2.75) is 0 Å². The van der Waals surface area contributed by atoms with Crippen LogP contribution in [0.15, 0.2) is 59.6 Å². The molecule has 0 saturated heterocycles.